The fraction of sp³-hybridized carbons (Fsp3) is 0.222. The average Bonchev–Trinajstić information content (AvgIpc) is 3.11. The maximum atomic E-state index is 6.13. The molecule has 0 saturated heterocycles. The molecule has 3 aromatic rings. The van der Waals surface area contributed by atoms with E-state index in [-0.39, 0.29) is 6.04 Å². The predicted molar refractivity (Wildman–Crippen MR) is 99.9 cm³/mol. The van der Waals surface area contributed by atoms with Crippen molar-refractivity contribution in [2.45, 2.75) is 26.8 Å². The topological polar surface area (TPSA) is 42.8 Å². The second kappa shape index (κ2) is 7.20. The molecule has 6 heteroatoms. The van der Waals surface area contributed by atoms with Gasteiger partial charge in [0.25, 0.3) is 0 Å². The van der Waals surface area contributed by atoms with Crippen LogP contribution in [0.25, 0.3) is 11.3 Å². The molecule has 2 heterocycles. The summed E-state index contributed by atoms with van der Waals surface area (Å²) in [5.41, 5.74) is 1.94. The van der Waals surface area contributed by atoms with Crippen molar-refractivity contribution in [2.75, 3.05) is 0 Å². The van der Waals surface area contributed by atoms with Crippen LogP contribution in [0.5, 0.6) is 0 Å². The van der Waals surface area contributed by atoms with E-state index in [1.165, 1.54) is 0 Å². The lowest BCUT2D eigenvalue weighted by atomic mass is 10.2. The third-order valence-corrected chi connectivity index (χ3v) is 4.30. The molecule has 0 unspecified atom stereocenters. The lowest BCUT2D eigenvalue weighted by Gasteiger charge is -2.04. The highest BCUT2D eigenvalue weighted by Crippen LogP contribution is 2.23. The molecule has 24 heavy (non-hydrogen) atoms. The zero-order valence-corrected chi connectivity index (χ0v) is 15.3. The number of benzene rings is 1. The van der Waals surface area contributed by atoms with Gasteiger partial charge in [0.15, 0.2) is 0 Å². The number of aromatic nitrogens is 1. The summed E-state index contributed by atoms with van der Waals surface area (Å²) in [6.07, 6.45) is 1.70. The number of aryl methyl sites for hydroxylation is 1. The normalized spacial score (nSPS) is 12.6. The van der Waals surface area contributed by atoms with Crippen LogP contribution in [0.3, 0.4) is 0 Å². The van der Waals surface area contributed by atoms with Gasteiger partial charge in [-0.2, -0.15) is 5.10 Å². The third kappa shape index (κ3) is 3.86. The van der Waals surface area contributed by atoms with Crippen molar-refractivity contribution >= 4 is 29.2 Å². The predicted octanol–water partition coefficient (Wildman–Crippen LogP) is 4.96. The van der Waals surface area contributed by atoms with E-state index in [9.17, 15) is 0 Å². The van der Waals surface area contributed by atoms with Gasteiger partial charge in [-0.1, -0.05) is 23.7 Å². The van der Waals surface area contributed by atoms with Crippen LogP contribution in [0, 0.1) is 6.92 Å². The van der Waals surface area contributed by atoms with Gasteiger partial charge in [0.1, 0.15) is 11.5 Å². The molecule has 0 radical (unpaired) electrons. The molecule has 0 aliphatic heterocycles. The van der Waals surface area contributed by atoms with Crippen LogP contribution < -0.4 is 4.80 Å². The lowest BCUT2D eigenvalue weighted by Crippen LogP contribution is -2.14. The third-order valence-electron chi connectivity index (χ3n) is 3.24. The molecular formula is C18H18ClN3OS. The number of hydrogen-bond acceptors (Lipinski definition) is 4. The van der Waals surface area contributed by atoms with Crippen LogP contribution >= 0.6 is 22.9 Å². The summed E-state index contributed by atoms with van der Waals surface area (Å²) < 4.78 is 7.38. The molecule has 4 nitrogen and oxygen atoms in total. The van der Waals surface area contributed by atoms with E-state index in [4.69, 9.17) is 16.0 Å². The number of furan rings is 1. The van der Waals surface area contributed by atoms with Gasteiger partial charge < -0.3 is 4.42 Å². The highest BCUT2D eigenvalue weighted by molar-refractivity contribution is 7.07. The van der Waals surface area contributed by atoms with Gasteiger partial charge in [0.2, 0.25) is 4.80 Å². The van der Waals surface area contributed by atoms with E-state index in [0.29, 0.717) is 10.8 Å². The SMILES string of the molecule is Cc1ccc(C=Nn2c(-c3cccc(Cl)c3)csc2=NC(C)C)o1. The highest BCUT2D eigenvalue weighted by Gasteiger charge is 2.08. The summed E-state index contributed by atoms with van der Waals surface area (Å²) in [6, 6.07) is 11.7. The summed E-state index contributed by atoms with van der Waals surface area (Å²) in [4.78, 5) is 5.48. The Morgan fingerprint density at radius 1 is 1.25 bits per heavy atom. The summed E-state index contributed by atoms with van der Waals surface area (Å²) in [6.45, 7) is 6.00. The largest absolute Gasteiger partial charge is 0.460 e. The van der Waals surface area contributed by atoms with E-state index >= 15 is 0 Å². The van der Waals surface area contributed by atoms with Crippen LogP contribution in [0.1, 0.15) is 25.4 Å². The van der Waals surface area contributed by atoms with Gasteiger partial charge in [-0.3, -0.25) is 4.99 Å². The van der Waals surface area contributed by atoms with Gasteiger partial charge in [-0.05, 0) is 45.0 Å². The molecule has 0 aliphatic rings. The Kier molecular flexibility index (Phi) is 5.02. The average molecular weight is 360 g/mol. The molecule has 2 aromatic heterocycles. The number of nitrogens with zero attached hydrogens (tertiary/aromatic N) is 3. The van der Waals surface area contributed by atoms with Crippen LogP contribution in [-0.2, 0) is 0 Å². The fourth-order valence-electron chi connectivity index (χ4n) is 2.20. The lowest BCUT2D eigenvalue weighted by molar-refractivity contribution is 0.527. The van der Waals surface area contributed by atoms with Crippen LogP contribution in [-0.4, -0.2) is 16.9 Å². The van der Waals surface area contributed by atoms with Crippen molar-refractivity contribution in [3.05, 3.63) is 63.1 Å². The fourth-order valence-corrected chi connectivity index (χ4v) is 3.36. The molecule has 0 spiro atoms. The van der Waals surface area contributed by atoms with Crippen molar-refractivity contribution < 1.29 is 4.42 Å². The summed E-state index contributed by atoms with van der Waals surface area (Å²) >= 11 is 7.69. The molecule has 0 bridgehead atoms. The molecule has 124 valence electrons. The first-order chi connectivity index (χ1) is 11.5. The van der Waals surface area contributed by atoms with Crippen molar-refractivity contribution in [2.24, 2.45) is 10.1 Å². The summed E-state index contributed by atoms with van der Waals surface area (Å²) in [5, 5.41) is 7.31. The van der Waals surface area contributed by atoms with E-state index in [2.05, 4.69) is 10.1 Å². The first-order valence-corrected chi connectivity index (χ1v) is 8.90. The minimum atomic E-state index is 0.183. The molecular weight excluding hydrogens is 342 g/mol. The van der Waals surface area contributed by atoms with E-state index in [1.807, 2.05) is 67.2 Å². The number of hydrogen-bond donors (Lipinski definition) is 0. The highest BCUT2D eigenvalue weighted by atomic mass is 35.5. The number of rotatable bonds is 4. The Balaban J connectivity index is 2.10. The zero-order chi connectivity index (χ0) is 17.1. The Morgan fingerprint density at radius 3 is 2.75 bits per heavy atom. The first kappa shape index (κ1) is 16.7. The van der Waals surface area contributed by atoms with Crippen molar-refractivity contribution in [3.8, 4) is 11.3 Å². The van der Waals surface area contributed by atoms with Gasteiger partial charge in [0, 0.05) is 22.0 Å². The van der Waals surface area contributed by atoms with Crippen LogP contribution in [0.4, 0.5) is 0 Å². The zero-order valence-electron chi connectivity index (χ0n) is 13.7. The smallest absolute Gasteiger partial charge is 0.206 e. The first-order valence-electron chi connectivity index (χ1n) is 7.64. The second-order valence-electron chi connectivity index (χ2n) is 5.64. The molecule has 0 N–H and O–H groups in total. The van der Waals surface area contributed by atoms with E-state index in [1.54, 1.807) is 17.6 Å². The summed E-state index contributed by atoms with van der Waals surface area (Å²) in [7, 11) is 0. The molecule has 0 saturated carbocycles. The standard InChI is InChI=1S/C18H18ClN3OS/c1-12(2)21-18-22(20-10-16-8-7-13(3)23-16)17(11-24-18)14-5-4-6-15(19)9-14/h4-12H,1-3H3. The van der Waals surface area contributed by atoms with Crippen LogP contribution in [0.15, 0.2) is 56.3 Å². The molecule has 0 aliphatic carbocycles. The van der Waals surface area contributed by atoms with Gasteiger partial charge in [-0.15, -0.1) is 11.3 Å². The van der Waals surface area contributed by atoms with Gasteiger partial charge >= 0.3 is 0 Å². The molecule has 1 aromatic carbocycles. The second-order valence-corrected chi connectivity index (χ2v) is 6.91. The Morgan fingerprint density at radius 2 is 2.08 bits per heavy atom. The van der Waals surface area contributed by atoms with Gasteiger partial charge in [-0.25, -0.2) is 4.68 Å². The van der Waals surface area contributed by atoms with E-state index < -0.39 is 0 Å². The Bertz CT molecular complexity index is 934. The number of thiazole rings is 1. The summed E-state index contributed by atoms with van der Waals surface area (Å²) in [5.74, 6) is 1.56. The quantitative estimate of drug-likeness (QED) is 0.607. The minimum Gasteiger partial charge on any atom is -0.460 e. The van der Waals surface area contributed by atoms with Gasteiger partial charge in [0.05, 0.1) is 11.9 Å². The monoisotopic (exact) mass is 359 g/mol. The Hall–Kier alpha value is -2.11. The molecule has 0 atom stereocenters. The maximum Gasteiger partial charge on any atom is 0.206 e. The minimum absolute atomic E-state index is 0.183. The molecule has 3 rings (SSSR count). The molecule has 0 fully saturated rings. The van der Waals surface area contributed by atoms with Crippen molar-refractivity contribution in [1.82, 2.24) is 4.68 Å². The van der Waals surface area contributed by atoms with E-state index in [0.717, 1.165) is 21.8 Å². The van der Waals surface area contributed by atoms with Crippen molar-refractivity contribution in [1.29, 1.82) is 0 Å². The Labute approximate surface area is 149 Å². The van der Waals surface area contributed by atoms with Crippen molar-refractivity contribution in [3.63, 3.8) is 0 Å². The number of halogens is 1. The molecule has 0 amide bonds. The van der Waals surface area contributed by atoms with Crippen LogP contribution in [0.2, 0.25) is 5.02 Å². The maximum absolute atomic E-state index is 6.13.